The summed E-state index contributed by atoms with van der Waals surface area (Å²) in [6.07, 6.45) is 0.283. The standard InChI is InChI=1S/C10H12F2O/c1-2-7-10(11,12)8-3-5-9(13)6-4-8/h3-6,13H,2,7H2,1H3. The molecule has 0 atom stereocenters. The lowest BCUT2D eigenvalue weighted by molar-refractivity contribution is -0.0140. The summed E-state index contributed by atoms with van der Waals surface area (Å²) in [5.74, 6) is -2.77. The third-order valence-electron chi connectivity index (χ3n) is 1.85. The molecule has 1 nitrogen and oxygen atoms in total. The topological polar surface area (TPSA) is 20.2 Å². The van der Waals surface area contributed by atoms with Gasteiger partial charge >= 0.3 is 0 Å². The van der Waals surface area contributed by atoms with Crippen molar-refractivity contribution in [2.24, 2.45) is 0 Å². The first-order valence-electron chi connectivity index (χ1n) is 4.23. The van der Waals surface area contributed by atoms with Crippen LogP contribution in [0.4, 0.5) is 8.78 Å². The van der Waals surface area contributed by atoms with Crippen LogP contribution < -0.4 is 0 Å². The summed E-state index contributed by atoms with van der Waals surface area (Å²) in [4.78, 5) is 0. The summed E-state index contributed by atoms with van der Waals surface area (Å²) in [5, 5.41) is 8.91. The Hall–Kier alpha value is -1.12. The molecule has 3 heteroatoms. The van der Waals surface area contributed by atoms with Crippen molar-refractivity contribution in [1.29, 1.82) is 0 Å². The van der Waals surface area contributed by atoms with E-state index in [0.29, 0.717) is 6.42 Å². The zero-order valence-corrected chi connectivity index (χ0v) is 7.43. The van der Waals surface area contributed by atoms with Crippen molar-refractivity contribution in [2.75, 3.05) is 0 Å². The highest BCUT2D eigenvalue weighted by molar-refractivity contribution is 5.28. The van der Waals surface area contributed by atoms with E-state index in [2.05, 4.69) is 0 Å². The molecule has 1 aromatic rings. The fourth-order valence-electron chi connectivity index (χ4n) is 1.16. The number of rotatable bonds is 3. The van der Waals surface area contributed by atoms with Crippen molar-refractivity contribution in [2.45, 2.75) is 25.7 Å². The van der Waals surface area contributed by atoms with Crippen molar-refractivity contribution in [3.63, 3.8) is 0 Å². The lowest BCUT2D eigenvalue weighted by Crippen LogP contribution is -2.12. The maximum atomic E-state index is 13.2. The maximum Gasteiger partial charge on any atom is 0.273 e. The Bertz CT molecular complexity index is 267. The third-order valence-corrected chi connectivity index (χ3v) is 1.85. The second-order valence-electron chi connectivity index (χ2n) is 3.00. The van der Waals surface area contributed by atoms with Crippen LogP contribution in [-0.4, -0.2) is 5.11 Å². The average Bonchev–Trinajstić information content (AvgIpc) is 2.05. The van der Waals surface area contributed by atoms with Gasteiger partial charge in [-0.1, -0.05) is 13.3 Å². The minimum Gasteiger partial charge on any atom is -0.508 e. The van der Waals surface area contributed by atoms with Gasteiger partial charge in [0.15, 0.2) is 0 Å². The van der Waals surface area contributed by atoms with Crippen LogP contribution in [0.1, 0.15) is 25.3 Å². The monoisotopic (exact) mass is 186 g/mol. The van der Waals surface area contributed by atoms with Crippen LogP contribution >= 0.6 is 0 Å². The van der Waals surface area contributed by atoms with Gasteiger partial charge in [0.05, 0.1) is 0 Å². The van der Waals surface area contributed by atoms with E-state index >= 15 is 0 Å². The van der Waals surface area contributed by atoms with Gasteiger partial charge in [-0.2, -0.15) is 0 Å². The fourth-order valence-corrected chi connectivity index (χ4v) is 1.16. The Labute approximate surface area is 76.0 Å². The van der Waals surface area contributed by atoms with Gasteiger partial charge in [0.1, 0.15) is 5.75 Å². The molecule has 0 unspecified atom stereocenters. The summed E-state index contributed by atoms with van der Waals surface area (Å²) < 4.78 is 26.4. The Balaban J connectivity index is 2.87. The number of phenolic OH excluding ortho intramolecular Hbond substituents is 1. The fraction of sp³-hybridized carbons (Fsp3) is 0.400. The van der Waals surface area contributed by atoms with Gasteiger partial charge in [-0.15, -0.1) is 0 Å². The van der Waals surface area contributed by atoms with E-state index in [1.165, 1.54) is 24.3 Å². The number of aromatic hydroxyl groups is 1. The van der Waals surface area contributed by atoms with E-state index in [1.54, 1.807) is 6.92 Å². The first-order valence-corrected chi connectivity index (χ1v) is 4.23. The molecule has 1 rings (SSSR count). The lowest BCUT2D eigenvalue weighted by atomic mass is 10.0. The summed E-state index contributed by atoms with van der Waals surface area (Å²) >= 11 is 0. The molecule has 72 valence electrons. The van der Waals surface area contributed by atoms with Crippen molar-refractivity contribution in [3.8, 4) is 5.75 Å². The van der Waals surface area contributed by atoms with Gasteiger partial charge < -0.3 is 5.11 Å². The Morgan fingerprint density at radius 1 is 1.23 bits per heavy atom. The molecular formula is C10H12F2O. The molecule has 0 fully saturated rings. The van der Waals surface area contributed by atoms with Crippen LogP contribution in [-0.2, 0) is 5.92 Å². The molecule has 0 aliphatic rings. The molecule has 0 spiro atoms. The van der Waals surface area contributed by atoms with Gasteiger partial charge in [0.25, 0.3) is 5.92 Å². The maximum absolute atomic E-state index is 13.2. The van der Waals surface area contributed by atoms with Crippen LogP contribution in [0.5, 0.6) is 5.75 Å². The van der Waals surface area contributed by atoms with Crippen molar-refractivity contribution in [1.82, 2.24) is 0 Å². The number of benzene rings is 1. The highest BCUT2D eigenvalue weighted by Gasteiger charge is 2.29. The molecule has 0 saturated heterocycles. The number of halogens is 2. The number of hydrogen-bond donors (Lipinski definition) is 1. The summed E-state index contributed by atoms with van der Waals surface area (Å²) in [6, 6.07) is 5.06. The molecule has 1 N–H and O–H groups in total. The zero-order chi connectivity index (χ0) is 9.90. The molecule has 0 aliphatic carbocycles. The van der Waals surface area contributed by atoms with E-state index in [0.717, 1.165) is 0 Å². The largest absolute Gasteiger partial charge is 0.508 e. The van der Waals surface area contributed by atoms with Crippen LogP contribution in [0.2, 0.25) is 0 Å². The number of phenols is 1. The van der Waals surface area contributed by atoms with Crippen LogP contribution in [0.3, 0.4) is 0 Å². The van der Waals surface area contributed by atoms with Crippen molar-refractivity contribution >= 4 is 0 Å². The molecule has 0 aromatic heterocycles. The molecule has 0 amide bonds. The Morgan fingerprint density at radius 3 is 2.23 bits per heavy atom. The Morgan fingerprint density at radius 2 is 1.77 bits per heavy atom. The quantitative estimate of drug-likeness (QED) is 0.768. The van der Waals surface area contributed by atoms with Gasteiger partial charge in [0, 0.05) is 12.0 Å². The summed E-state index contributed by atoms with van der Waals surface area (Å²) in [7, 11) is 0. The first-order chi connectivity index (χ1) is 6.06. The van der Waals surface area contributed by atoms with E-state index < -0.39 is 5.92 Å². The van der Waals surface area contributed by atoms with Crippen LogP contribution in [0.25, 0.3) is 0 Å². The molecule has 0 radical (unpaired) electrons. The molecular weight excluding hydrogens is 174 g/mol. The normalized spacial score (nSPS) is 11.6. The lowest BCUT2D eigenvalue weighted by Gasteiger charge is -2.15. The van der Waals surface area contributed by atoms with E-state index in [1.807, 2.05) is 0 Å². The van der Waals surface area contributed by atoms with Crippen molar-refractivity contribution < 1.29 is 13.9 Å². The molecule has 0 heterocycles. The second kappa shape index (κ2) is 3.73. The van der Waals surface area contributed by atoms with Crippen molar-refractivity contribution in [3.05, 3.63) is 29.8 Å². The van der Waals surface area contributed by atoms with Gasteiger partial charge in [0.2, 0.25) is 0 Å². The predicted octanol–water partition coefficient (Wildman–Crippen LogP) is 3.28. The van der Waals surface area contributed by atoms with E-state index in [4.69, 9.17) is 5.11 Å². The second-order valence-corrected chi connectivity index (χ2v) is 3.00. The average molecular weight is 186 g/mol. The minimum atomic E-state index is -2.78. The number of hydrogen-bond acceptors (Lipinski definition) is 1. The van der Waals surface area contributed by atoms with E-state index in [-0.39, 0.29) is 17.7 Å². The van der Waals surface area contributed by atoms with Crippen LogP contribution in [0, 0.1) is 0 Å². The molecule has 13 heavy (non-hydrogen) atoms. The van der Waals surface area contributed by atoms with Gasteiger partial charge in [-0.25, -0.2) is 8.78 Å². The predicted molar refractivity (Wildman–Crippen MR) is 46.9 cm³/mol. The summed E-state index contributed by atoms with van der Waals surface area (Å²) in [6.45, 7) is 1.72. The molecule has 0 bridgehead atoms. The highest BCUT2D eigenvalue weighted by Crippen LogP contribution is 2.33. The minimum absolute atomic E-state index is 0.0102. The first kappa shape index (κ1) is 9.96. The number of alkyl halides is 2. The zero-order valence-electron chi connectivity index (χ0n) is 7.43. The van der Waals surface area contributed by atoms with Crippen LogP contribution in [0.15, 0.2) is 24.3 Å². The smallest absolute Gasteiger partial charge is 0.273 e. The summed E-state index contributed by atoms with van der Waals surface area (Å²) in [5.41, 5.74) is -0.0350. The Kier molecular flexibility index (Phi) is 2.86. The molecule has 0 saturated carbocycles. The molecule has 1 aromatic carbocycles. The van der Waals surface area contributed by atoms with Gasteiger partial charge in [-0.05, 0) is 24.3 Å². The molecule has 0 aliphatic heterocycles. The van der Waals surface area contributed by atoms with E-state index in [9.17, 15) is 8.78 Å². The third kappa shape index (κ3) is 2.41. The SMILES string of the molecule is CCCC(F)(F)c1ccc(O)cc1. The highest BCUT2D eigenvalue weighted by atomic mass is 19.3. The van der Waals surface area contributed by atoms with Gasteiger partial charge in [-0.3, -0.25) is 0 Å².